The molecular formula is C35H26Cl2N2O5S. The molecule has 5 rings (SSSR count). The van der Waals surface area contributed by atoms with Crippen molar-refractivity contribution in [2.45, 2.75) is 4.90 Å². The zero-order valence-electron chi connectivity index (χ0n) is 23.9. The quantitative estimate of drug-likeness (QED) is 0.0839. The van der Waals surface area contributed by atoms with Gasteiger partial charge in [-0.2, -0.15) is 0 Å². The molecule has 45 heavy (non-hydrogen) atoms. The van der Waals surface area contributed by atoms with E-state index in [1.807, 2.05) is 24.3 Å². The highest BCUT2D eigenvalue weighted by molar-refractivity contribution is 8.00. The summed E-state index contributed by atoms with van der Waals surface area (Å²) in [5.41, 5.74) is 2.01. The molecule has 4 aromatic carbocycles. The lowest BCUT2D eigenvalue weighted by atomic mass is 10.1. The largest absolute Gasteiger partial charge is 0.496 e. The Morgan fingerprint density at radius 1 is 0.867 bits per heavy atom. The lowest BCUT2D eigenvalue weighted by molar-refractivity contribution is -0.113. The summed E-state index contributed by atoms with van der Waals surface area (Å²) in [7, 11) is 1.58. The van der Waals surface area contributed by atoms with Crippen molar-refractivity contribution in [1.29, 1.82) is 0 Å². The summed E-state index contributed by atoms with van der Waals surface area (Å²) in [6.07, 6.45) is 1.47. The summed E-state index contributed by atoms with van der Waals surface area (Å²) >= 11 is 13.4. The van der Waals surface area contributed by atoms with Crippen LogP contribution in [0.4, 0.5) is 5.69 Å². The number of furan rings is 1. The van der Waals surface area contributed by atoms with Gasteiger partial charge in [-0.15, -0.1) is 11.8 Å². The number of hydrogen-bond acceptors (Lipinski definition) is 6. The normalized spacial score (nSPS) is 11.1. The predicted molar refractivity (Wildman–Crippen MR) is 179 cm³/mol. The SMILES string of the molecule is COc1ccccc1-c1ccc(C=C(NC(=O)c2ccccc2)C(=O)Nc2ccc(SCC(=O)c3ccc(Cl)cc3Cl)cc2)o1. The van der Waals surface area contributed by atoms with Gasteiger partial charge in [0.2, 0.25) is 0 Å². The van der Waals surface area contributed by atoms with Crippen LogP contribution >= 0.6 is 35.0 Å². The number of ether oxygens (including phenoxy) is 1. The van der Waals surface area contributed by atoms with E-state index in [0.717, 1.165) is 10.5 Å². The van der Waals surface area contributed by atoms with E-state index in [4.69, 9.17) is 32.4 Å². The van der Waals surface area contributed by atoms with Crippen LogP contribution in [-0.2, 0) is 4.79 Å². The van der Waals surface area contributed by atoms with Crippen molar-refractivity contribution in [1.82, 2.24) is 5.32 Å². The molecule has 0 spiro atoms. The van der Waals surface area contributed by atoms with Crippen molar-refractivity contribution in [2.75, 3.05) is 18.2 Å². The number of benzene rings is 4. The molecule has 0 aliphatic carbocycles. The second kappa shape index (κ2) is 14.8. The van der Waals surface area contributed by atoms with Gasteiger partial charge in [-0.1, -0.05) is 53.5 Å². The smallest absolute Gasteiger partial charge is 0.272 e. The van der Waals surface area contributed by atoms with Gasteiger partial charge < -0.3 is 19.8 Å². The van der Waals surface area contributed by atoms with E-state index in [1.165, 1.54) is 23.9 Å². The van der Waals surface area contributed by atoms with E-state index in [-0.39, 0.29) is 17.2 Å². The van der Waals surface area contributed by atoms with Gasteiger partial charge in [0, 0.05) is 32.8 Å². The van der Waals surface area contributed by atoms with E-state index in [9.17, 15) is 14.4 Å². The van der Waals surface area contributed by atoms with Crippen molar-refractivity contribution in [2.24, 2.45) is 0 Å². The molecule has 226 valence electrons. The Hall–Kier alpha value is -4.76. The zero-order valence-corrected chi connectivity index (χ0v) is 26.2. The highest BCUT2D eigenvalue weighted by Crippen LogP contribution is 2.31. The Kier molecular flexibility index (Phi) is 10.4. The van der Waals surface area contributed by atoms with Crippen LogP contribution in [0.2, 0.25) is 10.0 Å². The first kappa shape index (κ1) is 31.7. The van der Waals surface area contributed by atoms with Gasteiger partial charge in [-0.3, -0.25) is 14.4 Å². The molecule has 0 aliphatic heterocycles. The fourth-order valence-electron chi connectivity index (χ4n) is 4.28. The fourth-order valence-corrected chi connectivity index (χ4v) is 5.58. The number of para-hydroxylation sites is 1. The first-order valence-corrected chi connectivity index (χ1v) is 15.4. The van der Waals surface area contributed by atoms with Gasteiger partial charge in [0.05, 0.1) is 23.4 Å². The number of methoxy groups -OCH3 is 1. The molecule has 10 heteroatoms. The predicted octanol–water partition coefficient (Wildman–Crippen LogP) is 8.65. The van der Waals surface area contributed by atoms with Crippen LogP contribution < -0.4 is 15.4 Å². The second-order valence-corrected chi connectivity index (χ2v) is 11.5. The third-order valence-electron chi connectivity index (χ3n) is 6.53. The number of anilines is 1. The monoisotopic (exact) mass is 656 g/mol. The molecule has 1 heterocycles. The standard InChI is InChI=1S/C35H26Cl2N2O5S/c1-43-32-10-6-5-9-28(32)33-18-14-25(44-33)20-30(39-34(41)22-7-3-2-4-8-22)35(42)38-24-12-15-26(16-13-24)45-21-31(40)27-17-11-23(36)19-29(27)37/h2-20H,21H2,1H3,(H,38,42)(H,39,41). The summed E-state index contributed by atoms with van der Waals surface area (Å²) in [4.78, 5) is 39.9. The Morgan fingerprint density at radius 2 is 1.60 bits per heavy atom. The van der Waals surface area contributed by atoms with Gasteiger partial charge in [0.15, 0.2) is 5.78 Å². The third-order valence-corrected chi connectivity index (χ3v) is 8.09. The highest BCUT2D eigenvalue weighted by atomic mass is 35.5. The van der Waals surface area contributed by atoms with Crippen LogP contribution in [0.3, 0.4) is 0 Å². The molecule has 0 bridgehead atoms. The second-order valence-electron chi connectivity index (χ2n) is 9.59. The average molecular weight is 658 g/mol. The molecular weight excluding hydrogens is 631 g/mol. The molecule has 0 radical (unpaired) electrons. The molecule has 2 N–H and O–H groups in total. The number of hydrogen-bond donors (Lipinski definition) is 2. The molecule has 1 aromatic heterocycles. The zero-order chi connectivity index (χ0) is 31.8. The van der Waals surface area contributed by atoms with Gasteiger partial charge in [0.25, 0.3) is 11.8 Å². The summed E-state index contributed by atoms with van der Waals surface area (Å²) in [5.74, 6) is 0.565. The molecule has 0 saturated heterocycles. The molecule has 2 amide bonds. The lowest BCUT2D eigenvalue weighted by Crippen LogP contribution is -2.30. The van der Waals surface area contributed by atoms with Crippen LogP contribution in [0.5, 0.6) is 5.75 Å². The van der Waals surface area contributed by atoms with Crippen molar-refractivity contribution in [3.05, 3.63) is 142 Å². The number of amides is 2. The lowest BCUT2D eigenvalue weighted by Gasteiger charge is -2.11. The molecule has 0 atom stereocenters. The maximum Gasteiger partial charge on any atom is 0.272 e. The van der Waals surface area contributed by atoms with Crippen molar-refractivity contribution < 1.29 is 23.5 Å². The Balaban J connectivity index is 1.31. The van der Waals surface area contributed by atoms with Gasteiger partial charge in [0.1, 0.15) is 23.0 Å². The van der Waals surface area contributed by atoms with E-state index >= 15 is 0 Å². The van der Waals surface area contributed by atoms with E-state index < -0.39 is 11.8 Å². The summed E-state index contributed by atoms with van der Waals surface area (Å²) in [6.45, 7) is 0. The maximum absolute atomic E-state index is 13.4. The number of thioether (sulfide) groups is 1. The van der Waals surface area contributed by atoms with E-state index in [1.54, 1.807) is 86.0 Å². The minimum atomic E-state index is -0.553. The summed E-state index contributed by atoms with van der Waals surface area (Å²) in [5, 5.41) is 6.29. The Labute approximate surface area is 274 Å². The molecule has 5 aromatic rings. The van der Waals surface area contributed by atoms with Crippen molar-refractivity contribution >= 4 is 64.3 Å². The maximum atomic E-state index is 13.4. The van der Waals surface area contributed by atoms with Gasteiger partial charge in [-0.25, -0.2) is 0 Å². The summed E-state index contributed by atoms with van der Waals surface area (Å²) in [6, 6.07) is 31.2. The molecule has 7 nitrogen and oxygen atoms in total. The van der Waals surface area contributed by atoms with Crippen molar-refractivity contribution in [3.8, 4) is 17.1 Å². The number of carbonyl (C=O) groups is 3. The summed E-state index contributed by atoms with van der Waals surface area (Å²) < 4.78 is 11.4. The van der Waals surface area contributed by atoms with Crippen molar-refractivity contribution in [3.63, 3.8) is 0 Å². The van der Waals surface area contributed by atoms with Gasteiger partial charge in [-0.05, 0) is 78.9 Å². The number of rotatable bonds is 11. The minimum Gasteiger partial charge on any atom is -0.496 e. The van der Waals surface area contributed by atoms with Crippen LogP contribution in [0.15, 0.2) is 124 Å². The number of ketones is 1. The van der Waals surface area contributed by atoms with Crippen LogP contribution in [0.25, 0.3) is 17.4 Å². The first-order valence-electron chi connectivity index (χ1n) is 13.6. The number of carbonyl (C=O) groups excluding carboxylic acids is 3. The highest BCUT2D eigenvalue weighted by Gasteiger charge is 2.17. The fraction of sp³-hybridized carbons (Fsp3) is 0.0571. The molecule has 0 aliphatic rings. The Bertz CT molecular complexity index is 1870. The van der Waals surface area contributed by atoms with Crippen LogP contribution in [-0.4, -0.2) is 30.5 Å². The first-order chi connectivity index (χ1) is 21.8. The molecule has 0 saturated carbocycles. The van der Waals surface area contributed by atoms with Crippen LogP contribution in [0, 0.1) is 0 Å². The van der Waals surface area contributed by atoms with Gasteiger partial charge >= 0.3 is 0 Å². The average Bonchev–Trinajstić information content (AvgIpc) is 3.52. The number of nitrogens with one attached hydrogen (secondary N) is 2. The Morgan fingerprint density at radius 3 is 2.33 bits per heavy atom. The minimum absolute atomic E-state index is 0.0197. The molecule has 0 unspecified atom stereocenters. The van der Waals surface area contributed by atoms with E-state index in [2.05, 4.69) is 10.6 Å². The number of halogens is 2. The topological polar surface area (TPSA) is 97.6 Å². The molecule has 0 fully saturated rings. The van der Waals surface area contributed by atoms with Crippen LogP contribution in [0.1, 0.15) is 26.5 Å². The third kappa shape index (κ3) is 8.25. The number of Topliss-reactive ketones (excluding diaryl/α,β-unsaturated/α-hetero) is 1. The van der Waals surface area contributed by atoms with E-state index in [0.29, 0.717) is 44.1 Å².